The molecule has 0 saturated heterocycles. The SMILES string of the molecule is COC[C@H](C)Nc1nc(Cl)cc(Cl)n1. The number of nitrogens with zero attached hydrogens (tertiary/aromatic N) is 2. The molecule has 0 fully saturated rings. The average Bonchev–Trinajstić information content (AvgIpc) is 2.01. The molecule has 1 N–H and O–H groups in total. The number of rotatable bonds is 4. The molecular formula is C8H11Cl2N3O. The van der Waals surface area contributed by atoms with Gasteiger partial charge in [-0.1, -0.05) is 23.2 Å². The van der Waals surface area contributed by atoms with E-state index in [0.717, 1.165) is 0 Å². The van der Waals surface area contributed by atoms with Gasteiger partial charge in [-0.15, -0.1) is 0 Å². The molecule has 1 rings (SSSR count). The van der Waals surface area contributed by atoms with Crippen LogP contribution < -0.4 is 5.32 Å². The maximum Gasteiger partial charge on any atom is 0.225 e. The molecule has 0 aromatic carbocycles. The molecule has 0 unspecified atom stereocenters. The third-order valence-electron chi connectivity index (χ3n) is 1.46. The summed E-state index contributed by atoms with van der Waals surface area (Å²) < 4.78 is 4.95. The standard InChI is InChI=1S/C8H11Cl2N3O/c1-5(4-14-2)11-8-12-6(9)3-7(10)13-8/h3,5H,4H2,1-2H3,(H,11,12,13)/t5-/m0/s1. The van der Waals surface area contributed by atoms with Crippen LogP contribution in [0, 0.1) is 0 Å². The number of methoxy groups -OCH3 is 1. The van der Waals surface area contributed by atoms with Gasteiger partial charge in [0.2, 0.25) is 5.95 Å². The summed E-state index contributed by atoms with van der Waals surface area (Å²) in [6.07, 6.45) is 0. The molecule has 0 saturated carbocycles. The summed E-state index contributed by atoms with van der Waals surface area (Å²) in [4.78, 5) is 7.92. The van der Waals surface area contributed by atoms with Crippen LogP contribution in [0.3, 0.4) is 0 Å². The number of aromatic nitrogens is 2. The predicted molar refractivity (Wildman–Crippen MR) is 57.0 cm³/mol. The maximum atomic E-state index is 5.70. The van der Waals surface area contributed by atoms with Gasteiger partial charge in [0.25, 0.3) is 0 Å². The highest BCUT2D eigenvalue weighted by Gasteiger charge is 2.05. The average molecular weight is 236 g/mol. The van der Waals surface area contributed by atoms with Crippen LogP contribution in [0.4, 0.5) is 5.95 Å². The molecule has 0 bridgehead atoms. The molecular weight excluding hydrogens is 225 g/mol. The molecule has 0 aliphatic carbocycles. The Hall–Kier alpha value is -0.580. The Balaban J connectivity index is 2.66. The molecule has 1 atom stereocenters. The van der Waals surface area contributed by atoms with Gasteiger partial charge >= 0.3 is 0 Å². The number of nitrogens with one attached hydrogen (secondary N) is 1. The van der Waals surface area contributed by atoms with Crippen LogP contribution in [0.5, 0.6) is 0 Å². The Bertz CT molecular complexity index is 288. The Morgan fingerprint density at radius 1 is 1.43 bits per heavy atom. The molecule has 1 aromatic rings. The van der Waals surface area contributed by atoms with Crippen molar-refractivity contribution in [2.75, 3.05) is 19.0 Å². The second-order valence-electron chi connectivity index (χ2n) is 2.84. The fraction of sp³-hybridized carbons (Fsp3) is 0.500. The molecule has 4 nitrogen and oxygen atoms in total. The summed E-state index contributed by atoms with van der Waals surface area (Å²) in [5.41, 5.74) is 0. The van der Waals surface area contributed by atoms with Crippen LogP contribution in [0.15, 0.2) is 6.07 Å². The molecule has 0 radical (unpaired) electrons. The van der Waals surface area contributed by atoms with Crippen molar-refractivity contribution in [2.24, 2.45) is 0 Å². The van der Waals surface area contributed by atoms with Gasteiger partial charge in [0.1, 0.15) is 10.3 Å². The van der Waals surface area contributed by atoms with Crippen molar-refractivity contribution in [3.63, 3.8) is 0 Å². The molecule has 0 amide bonds. The van der Waals surface area contributed by atoms with Crippen molar-refractivity contribution in [2.45, 2.75) is 13.0 Å². The van der Waals surface area contributed by atoms with E-state index < -0.39 is 0 Å². The van der Waals surface area contributed by atoms with Gasteiger partial charge in [-0.05, 0) is 6.92 Å². The van der Waals surface area contributed by atoms with Gasteiger partial charge in [-0.25, -0.2) is 9.97 Å². The Morgan fingerprint density at radius 2 is 2.00 bits per heavy atom. The fourth-order valence-electron chi connectivity index (χ4n) is 0.967. The van der Waals surface area contributed by atoms with Crippen molar-refractivity contribution in [3.05, 3.63) is 16.4 Å². The smallest absolute Gasteiger partial charge is 0.225 e. The number of hydrogen-bond donors (Lipinski definition) is 1. The van der Waals surface area contributed by atoms with E-state index in [1.54, 1.807) is 7.11 Å². The summed E-state index contributed by atoms with van der Waals surface area (Å²) in [5, 5.41) is 3.64. The number of halogens is 2. The first-order valence-corrected chi connectivity index (χ1v) is 4.83. The van der Waals surface area contributed by atoms with E-state index in [4.69, 9.17) is 27.9 Å². The molecule has 1 heterocycles. The lowest BCUT2D eigenvalue weighted by Crippen LogP contribution is -2.22. The first-order valence-electron chi connectivity index (χ1n) is 4.07. The summed E-state index contributed by atoms with van der Waals surface area (Å²) in [5.74, 6) is 0.409. The van der Waals surface area contributed by atoms with Crippen LogP contribution in [0.2, 0.25) is 10.3 Å². The first-order chi connectivity index (χ1) is 6.61. The van der Waals surface area contributed by atoms with Crippen LogP contribution in [-0.4, -0.2) is 29.7 Å². The summed E-state index contributed by atoms with van der Waals surface area (Å²) in [6.45, 7) is 2.51. The molecule has 0 aliphatic heterocycles. The lowest BCUT2D eigenvalue weighted by atomic mass is 10.4. The number of hydrogen-bond acceptors (Lipinski definition) is 4. The minimum absolute atomic E-state index is 0.106. The predicted octanol–water partition coefficient (Wildman–Crippen LogP) is 2.23. The van der Waals surface area contributed by atoms with Crippen molar-refractivity contribution < 1.29 is 4.74 Å². The lowest BCUT2D eigenvalue weighted by molar-refractivity contribution is 0.190. The zero-order valence-corrected chi connectivity index (χ0v) is 9.43. The first kappa shape index (κ1) is 11.5. The summed E-state index contributed by atoms with van der Waals surface area (Å²) in [7, 11) is 1.63. The topological polar surface area (TPSA) is 47.0 Å². The van der Waals surface area contributed by atoms with E-state index in [1.807, 2.05) is 6.92 Å². The van der Waals surface area contributed by atoms with Gasteiger partial charge in [-0.2, -0.15) is 0 Å². The van der Waals surface area contributed by atoms with E-state index in [1.165, 1.54) is 6.07 Å². The number of ether oxygens (including phenoxy) is 1. The quantitative estimate of drug-likeness (QED) is 0.814. The highest BCUT2D eigenvalue weighted by atomic mass is 35.5. The number of anilines is 1. The van der Waals surface area contributed by atoms with Gasteiger partial charge in [0, 0.05) is 19.2 Å². The molecule has 78 valence electrons. The second kappa shape index (κ2) is 5.34. The minimum atomic E-state index is 0.106. The van der Waals surface area contributed by atoms with E-state index in [9.17, 15) is 0 Å². The molecule has 6 heteroatoms. The third kappa shape index (κ3) is 3.65. The summed E-state index contributed by atoms with van der Waals surface area (Å²) in [6, 6.07) is 1.59. The van der Waals surface area contributed by atoms with E-state index in [2.05, 4.69) is 15.3 Å². The van der Waals surface area contributed by atoms with E-state index >= 15 is 0 Å². The van der Waals surface area contributed by atoms with E-state index in [0.29, 0.717) is 22.9 Å². The Kier molecular flexibility index (Phi) is 4.38. The maximum absolute atomic E-state index is 5.70. The van der Waals surface area contributed by atoms with E-state index in [-0.39, 0.29) is 6.04 Å². The van der Waals surface area contributed by atoms with Crippen LogP contribution in [0.1, 0.15) is 6.92 Å². The normalized spacial score (nSPS) is 12.6. The van der Waals surface area contributed by atoms with Gasteiger partial charge < -0.3 is 10.1 Å². The second-order valence-corrected chi connectivity index (χ2v) is 3.61. The molecule has 0 aliphatic rings. The zero-order valence-electron chi connectivity index (χ0n) is 7.92. The largest absolute Gasteiger partial charge is 0.383 e. The van der Waals surface area contributed by atoms with Crippen LogP contribution in [0.25, 0.3) is 0 Å². The highest BCUT2D eigenvalue weighted by Crippen LogP contribution is 2.14. The third-order valence-corrected chi connectivity index (χ3v) is 1.84. The van der Waals surface area contributed by atoms with Gasteiger partial charge in [0.05, 0.1) is 6.61 Å². The monoisotopic (exact) mass is 235 g/mol. The highest BCUT2D eigenvalue weighted by molar-refractivity contribution is 6.33. The summed E-state index contributed by atoms with van der Waals surface area (Å²) >= 11 is 11.4. The zero-order chi connectivity index (χ0) is 10.6. The Labute approximate surface area is 92.6 Å². The van der Waals surface area contributed by atoms with Gasteiger partial charge in [0.15, 0.2) is 0 Å². The minimum Gasteiger partial charge on any atom is -0.383 e. The lowest BCUT2D eigenvalue weighted by Gasteiger charge is -2.12. The Morgan fingerprint density at radius 3 is 2.50 bits per heavy atom. The van der Waals surface area contributed by atoms with Crippen molar-refractivity contribution in [3.8, 4) is 0 Å². The van der Waals surface area contributed by atoms with Crippen molar-refractivity contribution in [1.82, 2.24) is 9.97 Å². The fourth-order valence-corrected chi connectivity index (χ4v) is 1.39. The van der Waals surface area contributed by atoms with Crippen molar-refractivity contribution >= 4 is 29.2 Å². The van der Waals surface area contributed by atoms with Crippen LogP contribution in [-0.2, 0) is 4.74 Å². The van der Waals surface area contributed by atoms with Crippen LogP contribution >= 0.6 is 23.2 Å². The molecule has 1 aromatic heterocycles. The molecule has 14 heavy (non-hydrogen) atoms. The van der Waals surface area contributed by atoms with Gasteiger partial charge in [-0.3, -0.25) is 0 Å². The molecule has 0 spiro atoms. The van der Waals surface area contributed by atoms with Crippen molar-refractivity contribution in [1.29, 1.82) is 0 Å².